The number of carbonyl (C=O) groups is 1. The first-order valence-electron chi connectivity index (χ1n) is 6.11. The maximum atomic E-state index is 11.9. The smallest absolute Gasteiger partial charge is 0.222 e. The quantitative estimate of drug-likeness (QED) is 0.683. The van der Waals surface area contributed by atoms with Gasteiger partial charge >= 0.3 is 0 Å². The minimum atomic E-state index is 0.389. The first-order valence-corrected chi connectivity index (χ1v) is 6.11. The van der Waals surface area contributed by atoms with Gasteiger partial charge in [-0.15, -0.1) is 0 Å². The van der Waals surface area contributed by atoms with Crippen molar-refractivity contribution in [1.29, 1.82) is 0 Å². The fourth-order valence-electron chi connectivity index (χ4n) is 2.59. The van der Waals surface area contributed by atoms with E-state index in [1.54, 1.807) is 0 Å². The van der Waals surface area contributed by atoms with E-state index in [4.69, 9.17) is 0 Å². The first kappa shape index (κ1) is 10.9. The van der Waals surface area contributed by atoms with Crippen molar-refractivity contribution in [3.8, 4) is 0 Å². The van der Waals surface area contributed by atoms with E-state index in [0.29, 0.717) is 11.8 Å². The molecule has 0 atom stereocenters. The monoisotopic (exact) mass is 210 g/mol. The summed E-state index contributed by atoms with van der Waals surface area (Å²) in [6, 6.07) is 0. The van der Waals surface area contributed by atoms with Crippen LogP contribution in [0.25, 0.3) is 0 Å². The zero-order valence-corrected chi connectivity index (χ0v) is 9.91. The lowest BCUT2D eigenvalue weighted by Gasteiger charge is -2.38. The van der Waals surface area contributed by atoms with E-state index in [9.17, 15) is 4.79 Å². The van der Waals surface area contributed by atoms with Gasteiger partial charge in [-0.05, 0) is 31.7 Å². The molecule has 1 amide bonds. The van der Waals surface area contributed by atoms with Gasteiger partial charge in [0.15, 0.2) is 0 Å². The van der Waals surface area contributed by atoms with Crippen molar-refractivity contribution >= 4 is 5.91 Å². The van der Waals surface area contributed by atoms with Crippen molar-refractivity contribution in [3.63, 3.8) is 0 Å². The second-order valence-corrected chi connectivity index (χ2v) is 5.35. The maximum Gasteiger partial charge on any atom is 0.222 e. The standard InChI is InChI=1S/C12H22N2O/c1-10-3-5-14(6-4-10)12(15)7-11-8-13(2)9-11/h10-11H,3-9H2,1-2H3. The lowest BCUT2D eigenvalue weighted by atomic mass is 9.94. The molecule has 0 aromatic heterocycles. The van der Waals surface area contributed by atoms with Crippen molar-refractivity contribution in [3.05, 3.63) is 0 Å². The van der Waals surface area contributed by atoms with Gasteiger partial charge in [0.1, 0.15) is 0 Å². The summed E-state index contributed by atoms with van der Waals surface area (Å²) < 4.78 is 0. The predicted octanol–water partition coefficient (Wildman–Crippen LogP) is 1.20. The molecule has 3 nitrogen and oxygen atoms in total. The van der Waals surface area contributed by atoms with Gasteiger partial charge < -0.3 is 9.80 Å². The minimum absolute atomic E-state index is 0.389. The van der Waals surface area contributed by atoms with Crippen LogP contribution in [0.15, 0.2) is 0 Å². The first-order chi connectivity index (χ1) is 7.15. The lowest BCUT2D eigenvalue weighted by molar-refractivity contribution is -0.134. The highest BCUT2D eigenvalue weighted by molar-refractivity contribution is 5.76. The van der Waals surface area contributed by atoms with E-state index in [1.807, 2.05) is 0 Å². The number of hydrogen-bond acceptors (Lipinski definition) is 2. The highest BCUT2D eigenvalue weighted by Crippen LogP contribution is 2.21. The van der Waals surface area contributed by atoms with Crippen LogP contribution in [0.4, 0.5) is 0 Å². The highest BCUT2D eigenvalue weighted by Gasteiger charge is 2.28. The average molecular weight is 210 g/mol. The summed E-state index contributed by atoms with van der Waals surface area (Å²) in [4.78, 5) is 16.3. The third-order valence-corrected chi connectivity index (χ3v) is 3.74. The Bertz CT molecular complexity index is 228. The Morgan fingerprint density at radius 3 is 2.40 bits per heavy atom. The molecule has 2 saturated heterocycles. The molecule has 2 heterocycles. The molecular formula is C12H22N2O. The molecule has 0 unspecified atom stereocenters. The van der Waals surface area contributed by atoms with Crippen molar-refractivity contribution < 1.29 is 4.79 Å². The second kappa shape index (κ2) is 4.52. The number of hydrogen-bond donors (Lipinski definition) is 0. The molecule has 0 aromatic rings. The van der Waals surface area contributed by atoms with E-state index < -0.39 is 0 Å². The lowest BCUT2D eigenvalue weighted by Crippen LogP contribution is -2.47. The van der Waals surface area contributed by atoms with Crippen molar-refractivity contribution in [2.45, 2.75) is 26.2 Å². The van der Waals surface area contributed by atoms with E-state index in [0.717, 1.165) is 38.5 Å². The molecule has 0 N–H and O–H groups in total. The summed E-state index contributed by atoms with van der Waals surface area (Å²) in [5.41, 5.74) is 0. The molecule has 2 rings (SSSR count). The minimum Gasteiger partial charge on any atom is -0.343 e. The molecule has 0 aliphatic carbocycles. The SMILES string of the molecule is CC1CCN(C(=O)CC2CN(C)C2)CC1. The Balaban J connectivity index is 1.71. The Kier molecular flexibility index (Phi) is 3.29. The maximum absolute atomic E-state index is 11.9. The topological polar surface area (TPSA) is 23.6 Å². The Labute approximate surface area is 92.4 Å². The van der Waals surface area contributed by atoms with Crippen LogP contribution in [-0.4, -0.2) is 48.9 Å². The summed E-state index contributed by atoms with van der Waals surface area (Å²) in [6.07, 6.45) is 3.16. The van der Waals surface area contributed by atoms with E-state index >= 15 is 0 Å². The zero-order chi connectivity index (χ0) is 10.8. The Hall–Kier alpha value is -0.570. The molecule has 2 aliphatic heterocycles. The summed E-state index contributed by atoms with van der Waals surface area (Å²) in [5.74, 6) is 1.82. The fraction of sp³-hybridized carbons (Fsp3) is 0.917. The summed E-state index contributed by atoms with van der Waals surface area (Å²) in [6.45, 7) is 6.47. The highest BCUT2D eigenvalue weighted by atomic mass is 16.2. The van der Waals surface area contributed by atoms with Crippen LogP contribution in [0, 0.1) is 11.8 Å². The molecule has 2 aliphatic rings. The van der Waals surface area contributed by atoms with Crippen LogP contribution >= 0.6 is 0 Å². The van der Waals surface area contributed by atoms with Crippen LogP contribution in [0.5, 0.6) is 0 Å². The van der Waals surface area contributed by atoms with Gasteiger partial charge in [-0.1, -0.05) is 6.92 Å². The van der Waals surface area contributed by atoms with Gasteiger partial charge in [0.25, 0.3) is 0 Å². The summed E-state index contributed by atoms with van der Waals surface area (Å²) >= 11 is 0. The Morgan fingerprint density at radius 1 is 1.27 bits per heavy atom. The second-order valence-electron chi connectivity index (χ2n) is 5.35. The van der Waals surface area contributed by atoms with Crippen LogP contribution in [0.1, 0.15) is 26.2 Å². The van der Waals surface area contributed by atoms with E-state index in [-0.39, 0.29) is 0 Å². The zero-order valence-electron chi connectivity index (χ0n) is 9.91. The molecule has 0 radical (unpaired) electrons. The third-order valence-electron chi connectivity index (χ3n) is 3.74. The summed E-state index contributed by atoms with van der Waals surface area (Å²) in [5, 5.41) is 0. The third kappa shape index (κ3) is 2.71. The molecule has 0 aromatic carbocycles. The van der Waals surface area contributed by atoms with Crippen LogP contribution in [0.3, 0.4) is 0 Å². The molecule has 3 heteroatoms. The van der Waals surface area contributed by atoms with Crippen molar-refractivity contribution in [2.75, 3.05) is 33.2 Å². The van der Waals surface area contributed by atoms with Crippen LogP contribution in [0.2, 0.25) is 0 Å². The predicted molar refractivity (Wildman–Crippen MR) is 60.6 cm³/mol. The molecule has 0 bridgehead atoms. The molecule has 0 spiro atoms. The molecule has 0 saturated carbocycles. The van der Waals surface area contributed by atoms with Gasteiger partial charge in [-0.3, -0.25) is 4.79 Å². The van der Waals surface area contributed by atoms with Gasteiger partial charge in [0.05, 0.1) is 0 Å². The molecule has 15 heavy (non-hydrogen) atoms. The molecule has 86 valence electrons. The van der Waals surface area contributed by atoms with Gasteiger partial charge in [0, 0.05) is 32.6 Å². The summed E-state index contributed by atoms with van der Waals surface area (Å²) in [7, 11) is 2.11. The van der Waals surface area contributed by atoms with Crippen LogP contribution < -0.4 is 0 Å². The van der Waals surface area contributed by atoms with E-state index in [2.05, 4.69) is 23.8 Å². The number of nitrogens with zero attached hydrogens (tertiary/aromatic N) is 2. The number of likely N-dealkylation sites (tertiary alicyclic amines) is 2. The number of amides is 1. The van der Waals surface area contributed by atoms with Gasteiger partial charge in [-0.25, -0.2) is 0 Å². The molecule has 2 fully saturated rings. The number of piperidine rings is 1. The normalized spacial score (nSPS) is 25.3. The van der Waals surface area contributed by atoms with Gasteiger partial charge in [-0.2, -0.15) is 0 Å². The number of rotatable bonds is 2. The number of carbonyl (C=O) groups excluding carboxylic acids is 1. The van der Waals surface area contributed by atoms with Crippen molar-refractivity contribution in [1.82, 2.24) is 9.80 Å². The van der Waals surface area contributed by atoms with Crippen LogP contribution in [-0.2, 0) is 4.79 Å². The molecular weight excluding hydrogens is 188 g/mol. The Morgan fingerprint density at radius 2 is 1.87 bits per heavy atom. The fourth-order valence-corrected chi connectivity index (χ4v) is 2.59. The largest absolute Gasteiger partial charge is 0.343 e. The van der Waals surface area contributed by atoms with E-state index in [1.165, 1.54) is 12.8 Å². The average Bonchev–Trinajstić information content (AvgIpc) is 2.16. The van der Waals surface area contributed by atoms with Gasteiger partial charge in [0.2, 0.25) is 5.91 Å². The van der Waals surface area contributed by atoms with Crippen molar-refractivity contribution in [2.24, 2.45) is 11.8 Å².